The Bertz CT molecular complexity index is 1360. The number of hydrogen-bond acceptors (Lipinski definition) is 4. The van der Waals surface area contributed by atoms with E-state index in [1.54, 1.807) is 17.8 Å². The average Bonchev–Trinajstić information content (AvgIpc) is 3.55. The van der Waals surface area contributed by atoms with Gasteiger partial charge in [0.25, 0.3) is 0 Å². The summed E-state index contributed by atoms with van der Waals surface area (Å²) in [5.41, 5.74) is 1.22. The van der Waals surface area contributed by atoms with E-state index in [9.17, 15) is 17.4 Å². The molecule has 3 aromatic heterocycles. The van der Waals surface area contributed by atoms with Crippen LogP contribution in [0.15, 0.2) is 41.6 Å². The molecule has 0 bridgehead atoms. The second-order valence-electron chi connectivity index (χ2n) is 7.75. The van der Waals surface area contributed by atoms with E-state index < -0.39 is 22.5 Å². The molecule has 0 aliphatic heterocycles. The Morgan fingerprint density at radius 3 is 2.61 bits per heavy atom. The van der Waals surface area contributed by atoms with Crippen LogP contribution in [0.3, 0.4) is 0 Å². The van der Waals surface area contributed by atoms with Gasteiger partial charge in [0.2, 0.25) is 0 Å². The van der Waals surface area contributed by atoms with Crippen molar-refractivity contribution in [1.82, 2.24) is 19.5 Å². The van der Waals surface area contributed by atoms with Crippen LogP contribution in [0.5, 0.6) is 0 Å². The number of benzene rings is 1. The van der Waals surface area contributed by atoms with Crippen molar-refractivity contribution in [1.29, 1.82) is 0 Å². The predicted octanol–water partition coefficient (Wildman–Crippen LogP) is 5.21. The van der Waals surface area contributed by atoms with Gasteiger partial charge in [0.1, 0.15) is 11.2 Å². The Morgan fingerprint density at radius 2 is 1.94 bits per heavy atom. The number of pyridine rings is 2. The molecule has 5 rings (SSSR count). The standard InChI is InChI=1S/C22H19F3N4OS/c1-3-31(30)19-16-7-6-13(12-4-5-12)8-14(16)10-26-18(19)21-28-17-9-15(22(23,24)25)11-27-20(17)29(21)2/h6-12H,3-5H2,1-2H3. The van der Waals surface area contributed by atoms with Crippen molar-refractivity contribution in [3.63, 3.8) is 0 Å². The minimum Gasteiger partial charge on any atom is -0.310 e. The molecule has 4 aromatic rings. The molecule has 5 nitrogen and oxygen atoms in total. The van der Waals surface area contributed by atoms with Crippen molar-refractivity contribution < 1.29 is 17.4 Å². The number of aryl methyl sites for hydroxylation is 1. The molecule has 1 fully saturated rings. The Morgan fingerprint density at radius 1 is 1.16 bits per heavy atom. The van der Waals surface area contributed by atoms with Gasteiger partial charge < -0.3 is 4.57 Å². The SMILES string of the molecule is CCS(=O)c1c(-c2nc3cc(C(F)(F)F)cnc3n2C)ncc2cc(C3CC3)ccc12. The first-order valence-electron chi connectivity index (χ1n) is 9.99. The van der Waals surface area contributed by atoms with E-state index in [-0.39, 0.29) is 5.52 Å². The van der Waals surface area contributed by atoms with Crippen LogP contribution >= 0.6 is 0 Å². The number of halogens is 3. The highest BCUT2D eigenvalue weighted by molar-refractivity contribution is 7.85. The summed E-state index contributed by atoms with van der Waals surface area (Å²) in [6, 6.07) is 7.10. The number of imidazole rings is 1. The van der Waals surface area contributed by atoms with Gasteiger partial charge in [-0.2, -0.15) is 13.2 Å². The molecule has 1 aromatic carbocycles. The van der Waals surface area contributed by atoms with Gasteiger partial charge in [-0.25, -0.2) is 9.97 Å². The van der Waals surface area contributed by atoms with Gasteiger partial charge in [-0.05, 0) is 36.5 Å². The fraction of sp³-hybridized carbons (Fsp3) is 0.318. The number of alkyl halides is 3. The molecule has 31 heavy (non-hydrogen) atoms. The maximum Gasteiger partial charge on any atom is 0.417 e. The molecule has 160 valence electrons. The normalized spacial score (nSPS) is 15.6. The van der Waals surface area contributed by atoms with Crippen LogP contribution in [0.25, 0.3) is 33.5 Å². The average molecular weight is 444 g/mol. The summed E-state index contributed by atoms with van der Waals surface area (Å²) in [5.74, 6) is 1.31. The Hall–Kier alpha value is -2.81. The lowest BCUT2D eigenvalue weighted by molar-refractivity contribution is -0.137. The molecule has 1 aliphatic carbocycles. The largest absolute Gasteiger partial charge is 0.417 e. The molecule has 0 spiro atoms. The Labute approximate surface area is 178 Å². The summed E-state index contributed by atoms with van der Waals surface area (Å²) >= 11 is 0. The highest BCUT2D eigenvalue weighted by Crippen LogP contribution is 2.42. The second-order valence-corrected chi connectivity index (χ2v) is 9.43. The Kier molecular flexibility index (Phi) is 4.62. The second kappa shape index (κ2) is 7.12. The first-order chi connectivity index (χ1) is 14.8. The van der Waals surface area contributed by atoms with Crippen LogP contribution in [0.1, 0.15) is 36.8 Å². The van der Waals surface area contributed by atoms with Gasteiger partial charge in [-0.15, -0.1) is 0 Å². The van der Waals surface area contributed by atoms with Gasteiger partial charge in [0, 0.05) is 36.0 Å². The molecule has 1 atom stereocenters. The molecule has 1 aliphatic rings. The van der Waals surface area contributed by atoms with Gasteiger partial charge in [0.05, 0.1) is 21.3 Å². The smallest absolute Gasteiger partial charge is 0.310 e. The number of hydrogen-bond donors (Lipinski definition) is 0. The highest BCUT2D eigenvalue weighted by Gasteiger charge is 2.32. The molecule has 0 amide bonds. The van der Waals surface area contributed by atoms with Crippen molar-refractivity contribution in [2.24, 2.45) is 7.05 Å². The minimum atomic E-state index is -4.51. The lowest BCUT2D eigenvalue weighted by atomic mass is 10.0. The predicted molar refractivity (Wildman–Crippen MR) is 113 cm³/mol. The molecule has 0 radical (unpaired) electrons. The monoisotopic (exact) mass is 444 g/mol. The van der Waals surface area contributed by atoms with Crippen LogP contribution in [0, 0.1) is 0 Å². The Balaban J connectivity index is 1.73. The summed E-state index contributed by atoms with van der Waals surface area (Å²) in [6.45, 7) is 1.82. The van der Waals surface area contributed by atoms with Crippen LogP contribution in [-0.4, -0.2) is 29.5 Å². The number of rotatable bonds is 4. The van der Waals surface area contributed by atoms with E-state index in [0.29, 0.717) is 33.7 Å². The summed E-state index contributed by atoms with van der Waals surface area (Å²) in [4.78, 5) is 13.5. The summed E-state index contributed by atoms with van der Waals surface area (Å²) in [5, 5.41) is 1.73. The minimum absolute atomic E-state index is 0.117. The molecular weight excluding hydrogens is 425 g/mol. The van der Waals surface area contributed by atoms with E-state index in [2.05, 4.69) is 27.1 Å². The van der Waals surface area contributed by atoms with E-state index in [1.807, 2.05) is 13.0 Å². The topological polar surface area (TPSA) is 60.7 Å². The van der Waals surface area contributed by atoms with Gasteiger partial charge in [-0.1, -0.05) is 19.1 Å². The van der Waals surface area contributed by atoms with Crippen LogP contribution in [0.2, 0.25) is 0 Å². The lowest BCUT2D eigenvalue weighted by Crippen LogP contribution is -2.05. The molecule has 0 saturated heterocycles. The first kappa shape index (κ1) is 20.1. The number of nitrogens with zero attached hydrogens (tertiary/aromatic N) is 4. The van der Waals surface area contributed by atoms with E-state index in [4.69, 9.17) is 0 Å². The van der Waals surface area contributed by atoms with Crippen molar-refractivity contribution in [2.75, 3.05) is 5.75 Å². The van der Waals surface area contributed by atoms with Gasteiger partial charge in [-0.3, -0.25) is 9.19 Å². The molecule has 1 saturated carbocycles. The zero-order chi connectivity index (χ0) is 21.9. The van der Waals surface area contributed by atoms with Crippen LogP contribution < -0.4 is 0 Å². The molecule has 9 heteroatoms. The van der Waals surface area contributed by atoms with E-state index in [1.165, 1.54) is 18.4 Å². The number of aromatic nitrogens is 4. The van der Waals surface area contributed by atoms with Crippen molar-refractivity contribution >= 4 is 32.7 Å². The van der Waals surface area contributed by atoms with Crippen molar-refractivity contribution in [2.45, 2.75) is 36.8 Å². The summed E-state index contributed by atoms with van der Waals surface area (Å²) in [6.07, 6.45) is 0.371. The maximum absolute atomic E-state index is 13.1. The van der Waals surface area contributed by atoms with Crippen molar-refractivity contribution in [3.8, 4) is 11.5 Å². The molecule has 3 heterocycles. The van der Waals surface area contributed by atoms with E-state index >= 15 is 0 Å². The van der Waals surface area contributed by atoms with E-state index in [0.717, 1.165) is 23.0 Å². The summed E-state index contributed by atoms with van der Waals surface area (Å²) in [7, 11) is 0.329. The molecule has 1 unspecified atom stereocenters. The highest BCUT2D eigenvalue weighted by atomic mass is 32.2. The summed E-state index contributed by atoms with van der Waals surface area (Å²) < 4.78 is 53.9. The zero-order valence-corrected chi connectivity index (χ0v) is 17.7. The molecule has 0 N–H and O–H groups in total. The third-order valence-electron chi connectivity index (χ3n) is 5.65. The fourth-order valence-electron chi connectivity index (χ4n) is 3.86. The lowest BCUT2D eigenvalue weighted by Gasteiger charge is -2.12. The third kappa shape index (κ3) is 3.40. The van der Waals surface area contributed by atoms with Crippen molar-refractivity contribution in [3.05, 3.63) is 47.8 Å². The van der Waals surface area contributed by atoms with Gasteiger partial charge in [0.15, 0.2) is 11.5 Å². The number of fused-ring (bicyclic) bond motifs is 2. The fourth-order valence-corrected chi connectivity index (χ4v) is 4.94. The first-order valence-corrected chi connectivity index (χ1v) is 11.3. The quantitative estimate of drug-likeness (QED) is 0.434. The maximum atomic E-state index is 13.1. The van der Waals surface area contributed by atoms with Crippen LogP contribution in [0.4, 0.5) is 13.2 Å². The van der Waals surface area contributed by atoms with Gasteiger partial charge >= 0.3 is 6.18 Å². The van der Waals surface area contributed by atoms with Crippen LogP contribution in [-0.2, 0) is 24.0 Å². The molecular formula is C22H19F3N4OS. The third-order valence-corrected chi connectivity index (χ3v) is 7.05. The zero-order valence-electron chi connectivity index (χ0n) is 16.9.